The first-order valence-corrected chi connectivity index (χ1v) is 6.87. The van der Waals surface area contributed by atoms with E-state index in [0.717, 1.165) is 17.7 Å². The van der Waals surface area contributed by atoms with Gasteiger partial charge in [0.1, 0.15) is 11.5 Å². The van der Waals surface area contributed by atoms with Crippen molar-refractivity contribution < 1.29 is 22.7 Å². The van der Waals surface area contributed by atoms with Gasteiger partial charge in [-0.1, -0.05) is 6.07 Å². The van der Waals surface area contributed by atoms with Gasteiger partial charge in [-0.25, -0.2) is 0 Å². The highest BCUT2D eigenvalue weighted by molar-refractivity contribution is 5.97. The highest BCUT2D eigenvalue weighted by Crippen LogP contribution is 2.34. The van der Waals surface area contributed by atoms with E-state index in [2.05, 4.69) is 5.32 Å². The van der Waals surface area contributed by atoms with Crippen LogP contribution in [0.1, 0.15) is 11.1 Å². The maximum Gasteiger partial charge on any atom is 0.416 e. The van der Waals surface area contributed by atoms with Crippen molar-refractivity contribution in [3.8, 4) is 11.5 Å². The Balaban J connectivity index is 1.84. The minimum Gasteiger partial charge on any atom is -0.457 e. The lowest BCUT2D eigenvalue weighted by Crippen LogP contribution is -2.40. The lowest BCUT2D eigenvalue weighted by atomic mass is 9.99. The minimum absolute atomic E-state index is 0.0870. The molecule has 0 spiro atoms. The summed E-state index contributed by atoms with van der Waals surface area (Å²) in [5.41, 5.74) is 6.32. The van der Waals surface area contributed by atoms with Gasteiger partial charge in [0, 0.05) is 5.69 Å². The zero-order valence-electron chi connectivity index (χ0n) is 11.9. The maximum atomic E-state index is 12.7. The third kappa shape index (κ3) is 3.29. The van der Waals surface area contributed by atoms with Gasteiger partial charge in [-0.2, -0.15) is 13.2 Å². The molecular weight excluding hydrogens is 309 g/mol. The summed E-state index contributed by atoms with van der Waals surface area (Å²) in [5.74, 6) is 0.208. The molecule has 1 heterocycles. The van der Waals surface area contributed by atoms with Gasteiger partial charge in [-0.05, 0) is 48.4 Å². The number of carbonyl (C=O) groups is 1. The Morgan fingerprint density at radius 2 is 1.87 bits per heavy atom. The van der Waals surface area contributed by atoms with Gasteiger partial charge in [0.15, 0.2) is 0 Å². The largest absolute Gasteiger partial charge is 0.457 e. The number of amides is 1. The molecule has 7 heteroatoms. The van der Waals surface area contributed by atoms with Gasteiger partial charge >= 0.3 is 6.18 Å². The average Bonchev–Trinajstić information content (AvgIpc) is 2.48. The van der Waals surface area contributed by atoms with E-state index in [4.69, 9.17) is 10.5 Å². The molecule has 0 saturated carbocycles. The smallest absolute Gasteiger partial charge is 0.416 e. The number of hydrogen-bond donors (Lipinski definition) is 2. The SMILES string of the molecule is NC1Cc2cc(Oc3cccc(C(F)(F)F)c3)ccc2NC1=O. The summed E-state index contributed by atoms with van der Waals surface area (Å²) in [7, 11) is 0. The number of carbonyl (C=O) groups excluding carboxylic acids is 1. The second kappa shape index (κ2) is 5.58. The fraction of sp³-hybridized carbons (Fsp3) is 0.188. The molecular formula is C16H13F3N2O2. The number of nitrogens with one attached hydrogen (secondary N) is 1. The molecule has 1 amide bonds. The fourth-order valence-corrected chi connectivity index (χ4v) is 2.35. The monoisotopic (exact) mass is 322 g/mol. The fourth-order valence-electron chi connectivity index (χ4n) is 2.35. The number of benzene rings is 2. The predicted molar refractivity (Wildman–Crippen MR) is 78.3 cm³/mol. The summed E-state index contributed by atoms with van der Waals surface area (Å²) in [6.45, 7) is 0. The third-order valence-electron chi connectivity index (χ3n) is 3.51. The second-order valence-corrected chi connectivity index (χ2v) is 5.25. The van der Waals surface area contributed by atoms with Crippen LogP contribution in [0.5, 0.6) is 11.5 Å². The molecule has 120 valence electrons. The first-order chi connectivity index (χ1) is 10.8. The molecule has 23 heavy (non-hydrogen) atoms. The molecule has 0 saturated heterocycles. The van der Waals surface area contributed by atoms with Crippen molar-refractivity contribution >= 4 is 11.6 Å². The number of nitrogens with two attached hydrogens (primary N) is 1. The molecule has 0 aliphatic carbocycles. The van der Waals surface area contributed by atoms with Crippen LogP contribution in [0, 0.1) is 0 Å². The van der Waals surface area contributed by atoms with E-state index in [0.29, 0.717) is 17.9 Å². The van der Waals surface area contributed by atoms with E-state index < -0.39 is 17.8 Å². The molecule has 2 aromatic rings. The van der Waals surface area contributed by atoms with Crippen LogP contribution in [0.2, 0.25) is 0 Å². The van der Waals surface area contributed by atoms with E-state index in [-0.39, 0.29) is 11.7 Å². The molecule has 1 unspecified atom stereocenters. The summed E-state index contributed by atoms with van der Waals surface area (Å²) < 4.78 is 43.6. The van der Waals surface area contributed by atoms with Crippen LogP contribution in [0.4, 0.5) is 18.9 Å². The Kier molecular flexibility index (Phi) is 3.73. The van der Waals surface area contributed by atoms with E-state index in [1.807, 2.05) is 0 Å². The number of rotatable bonds is 2. The van der Waals surface area contributed by atoms with Gasteiger partial charge in [-0.3, -0.25) is 4.79 Å². The van der Waals surface area contributed by atoms with E-state index >= 15 is 0 Å². The normalized spacial score (nSPS) is 17.4. The molecule has 0 fully saturated rings. The van der Waals surface area contributed by atoms with Gasteiger partial charge in [-0.15, -0.1) is 0 Å². The quantitative estimate of drug-likeness (QED) is 0.891. The van der Waals surface area contributed by atoms with E-state index in [1.165, 1.54) is 12.1 Å². The zero-order chi connectivity index (χ0) is 16.6. The van der Waals surface area contributed by atoms with Gasteiger partial charge in [0.25, 0.3) is 0 Å². The Bertz CT molecular complexity index is 759. The first-order valence-electron chi connectivity index (χ1n) is 6.87. The van der Waals surface area contributed by atoms with E-state index in [1.54, 1.807) is 18.2 Å². The van der Waals surface area contributed by atoms with Crippen molar-refractivity contribution in [2.75, 3.05) is 5.32 Å². The van der Waals surface area contributed by atoms with Crippen molar-refractivity contribution in [2.24, 2.45) is 5.73 Å². The topological polar surface area (TPSA) is 64.3 Å². The standard InChI is InChI=1S/C16H13F3N2O2/c17-16(18,19)10-2-1-3-11(8-10)23-12-4-5-14-9(6-12)7-13(20)15(22)21-14/h1-6,8,13H,7,20H2,(H,21,22). The Labute approximate surface area is 130 Å². The number of ether oxygens (including phenoxy) is 1. The van der Waals surface area contributed by atoms with Crippen LogP contribution in [0.15, 0.2) is 42.5 Å². The molecule has 0 bridgehead atoms. The zero-order valence-corrected chi connectivity index (χ0v) is 11.9. The second-order valence-electron chi connectivity index (χ2n) is 5.25. The number of anilines is 1. The van der Waals surface area contributed by atoms with Crippen molar-refractivity contribution in [1.82, 2.24) is 0 Å². The average molecular weight is 322 g/mol. The number of hydrogen-bond acceptors (Lipinski definition) is 3. The molecule has 4 nitrogen and oxygen atoms in total. The van der Waals surface area contributed by atoms with Crippen LogP contribution in [-0.4, -0.2) is 11.9 Å². The highest BCUT2D eigenvalue weighted by Gasteiger charge is 2.30. The molecule has 3 rings (SSSR count). The Morgan fingerprint density at radius 3 is 2.61 bits per heavy atom. The summed E-state index contributed by atoms with van der Waals surface area (Å²) in [6, 6.07) is 8.88. The minimum atomic E-state index is -4.42. The van der Waals surface area contributed by atoms with Gasteiger partial charge in [0.2, 0.25) is 5.91 Å². The van der Waals surface area contributed by atoms with Crippen LogP contribution in [0.25, 0.3) is 0 Å². The lowest BCUT2D eigenvalue weighted by molar-refractivity contribution is -0.137. The van der Waals surface area contributed by atoms with Crippen LogP contribution < -0.4 is 15.8 Å². The summed E-state index contributed by atoms with van der Waals surface area (Å²) >= 11 is 0. The molecule has 3 N–H and O–H groups in total. The molecule has 1 aliphatic rings. The lowest BCUT2D eigenvalue weighted by Gasteiger charge is -2.22. The van der Waals surface area contributed by atoms with Crippen molar-refractivity contribution in [2.45, 2.75) is 18.6 Å². The highest BCUT2D eigenvalue weighted by atomic mass is 19.4. The molecule has 0 aromatic heterocycles. The Morgan fingerprint density at radius 1 is 1.13 bits per heavy atom. The number of fused-ring (bicyclic) bond motifs is 1. The summed E-state index contributed by atoms with van der Waals surface area (Å²) in [4.78, 5) is 11.5. The van der Waals surface area contributed by atoms with Crippen molar-refractivity contribution in [1.29, 1.82) is 0 Å². The number of alkyl halides is 3. The molecule has 0 radical (unpaired) electrons. The van der Waals surface area contributed by atoms with Crippen molar-refractivity contribution in [3.63, 3.8) is 0 Å². The third-order valence-corrected chi connectivity index (χ3v) is 3.51. The molecule has 2 aromatic carbocycles. The van der Waals surface area contributed by atoms with Crippen LogP contribution in [-0.2, 0) is 17.4 Å². The predicted octanol–water partition coefficient (Wildman–Crippen LogP) is 3.32. The first kappa shape index (κ1) is 15.4. The van der Waals surface area contributed by atoms with E-state index in [9.17, 15) is 18.0 Å². The van der Waals surface area contributed by atoms with Crippen LogP contribution >= 0.6 is 0 Å². The maximum absolute atomic E-state index is 12.7. The van der Waals surface area contributed by atoms with Gasteiger partial charge in [0.05, 0.1) is 11.6 Å². The van der Waals surface area contributed by atoms with Crippen molar-refractivity contribution in [3.05, 3.63) is 53.6 Å². The summed E-state index contributed by atoms with van der Waals surface area (Å²) in [6.07, 6.45) is -4.08. The molecule has 1 aliphatic heterocycles. The molecule has 1 atom stereocenters. The number of halogens is 3. The summed E-state index contributed by atoms with van der Waals surface area (Å²) in [5, 5.41) is 2.66. The van der Waals surface area contributed by atoms with Crippen LogP contribution in [0.3, 0.4) is 0 Å². The Hall–Kier alpha value is -2.54. The van der Waals surface area contributed by atoms with Gasteiger partial charge < -0.3 is 15.8 Å².